The Labute approximate surface area is 300 Å². The predicted molar refractivity (Wildman–Crippen MR) is 188 cm³/mol. The molecule has 19 heteroatoms. The van der Waals surface area contributed by atoms with E-state index in [1.54, 1.807) is 29.2 Å². The summed E-state index contributed by atoms with van der Waals surface area (Å²) < 4.78 is 72.0. The molecule has 0 bridgehead atoms. The van der Waals surface area contributed by atoms with Gasteiger partial charge in [-0.3, -0.25) is 19.0 Å². The molecule has 4 heterocycles. The molecule has 0 saturated carbocycles. The van der Waals surface area contributed by atoms with Gasteiger partial charge in [0.15, 0.2) is 5.82 Å². The van der Waals surface area contributed by atoms with Gasteiger partial charge in [-0.1, -0.05) is 0 Å². The molecule has 2 amide bonds. The van der Waals surface area contributed by atoms with Crippen LogP contribution in [-0.4, -0.2) is 119 Å². The Morgan fingerprint density at radius 1 is 0.942 bits per heavy atom. The molecule has 0 atom stereocenters. The maximum atomic E-state index is 13.9. The van der Waals surface area contributed by atoms with E-state index in [2.05, 4.69) is 35.5 Å². The zero-order valence-electron chi connectivity index (χ0n) is 29.6. The van der Waals surface area contributed by atoms with Gasteiger partial charge in [0.2, 0.25) is 16.0 Å². The summed E-state index contributed by atoms with van der Waals surface area (Å²) in [5.74, 6) is -0.866. The minimum atomic E-state index is -4.79. The zero-order chi connectivity index (χ0) is 37.8. The van der Waals surface area contributed by atoms with Gasteiger partial charge in [0.25, 0.3) is 5.91 Å². The van der Waals surface area contributed by atoms with Gasteiger partial charge in [-0.2, -0.15) is 18.2 Å². The number of piperazine rings is 1. The molecule has 0 spiro atoms. The Bertz CT molecular complexity index is 1840. The molecular formula is C33H43F3N10O5S. The number of benzene rings is 1. The van der Waals surface area contributed by atoms with Gasteiger partial charge in [0.1, 0.15) is 22.7 Å². The van der Waals surface area contributed by atoms with Crippen LogP contribution in [0.4, 0.5) is 41.2 Å². The van der Waals surface area contributed by atoms with Crippen LogP contribution in [-0.2, 0) is 27.5 Å². The molecule has 2 aromatic heterocycles. The molecule has 2 N–H and O–H groups in total. The Balaban J connectivity index is 1.17. The number of aromatic nitrogens is 4. The van der Waals surface area contributed by atoms with E-state index in [0.29, 0.717) is 49.7 Å². The van der Waals surface area contributed by atoms with Crippen LogP contribution in [0.5, 0.6) is 0 Å². The number of likely N-dealkylation sites (tertiary alicyclic amines) is 1. The fourth-order valence-corrected chi connectivity index (χ4v) is 6.36. The molecule has 2 aliphatic heterocycles. The van der Waals surface area contributed by atoms with Crippen molar-refractivity contribution in [2.75, 3.05) is 67.5 Å². The zero-order valence-corrected chi connectivity index (χ0v) is 30.5. The van der Waals surface area contributed by atoms with Crippen molar-refractivity contribution < 1.29 is 35.9 Å². The van der Waals surface area contributed by atoms with Crippen LogP contribution in [0.2, 0.25) is 0 Å². The number of alkyl halides is 3. The number of halogens is 3. The molecule has 2 saturated heterocycles. The summed E-state index contributed by atoms with van der Waals surface area (Å²) in [4.78, 5) is 47.6. The molecule has 3 aromatic rings. The SMILES string of the molecule is CN(c1nccnc1CNc1nc(Nc2ccc(C(=O)N3CCC(N4CCN(C(=O)OC(C)(C)C)CC4)CC3)cc2)ncc1C(F)(F)F)S(C)(=O)=O. The normalized spacial score (nSPS) is 16.4. The molecule has 2 fully saturated rings. The van der Waals surface area contributed by atoms with Gasteiger partial charge in [-0.05, 0) is 57.9 Å². The van der Waals surface area contributed by atoms with E-state index < -0.39 is 33.2 Å². The number of hydrogen-bond donors (Lipinski definition) is 2. The first-order valence-corrected chi connectivity index (χ1v) is 18.5. The number of nitrogens with one attached hydrogen (secondary N) is 2. The number of sulfonamides is 1. The fourth-order valence-electron chi connectivity index (χ4n) is 5.89. The van der Waals surface area contributed by atoms with E-state index in [-0.39, 0.29) is 36.0 Å². The molecule has 1 aromatic carbocycles. The van der Waals surface area contributed by atoms with Crippen molar-refractivity contribution in [3.8, 4) is 0 Å². The summed E-state index contributed by atoms with van der Waals surface area (Å²) in [5.41, 5.74) is -0.684. The summed E-state index contributed by atoms with van der Waals surface area (Å²) in [5, 5.41) is 5.47. The smallest absolute Gasteiger partial charge is 0.421 e. The van der Waals surface area contributed by atoms with Gasteiger partial charge in [0, 0.05) is 82.2 Å². The Morgan fingerprint density at radius 2 is 1.58 bits per heavy atom. The summed E-state index contributed by atoms with van der Waals surface area (Å²) in [6, 6.07) is 6.81. The van der Waals surface area contributed by atoms with Crippen LogP contribution in [0.3, 0.4) is 0 Å². The van der Waals surface area contributed by atoms with Crippen LogP contribution >= 0.6 is 0 Å². The summed E-state index contributed by atoms with van der Waals surface area (Å²) in [6.07, 6.45) is 0.713. The van der Waals surface area contributed by atoms with Gasteiger partial charge in [-0.25, -0.2) is 23.2 Å². The van der Waals surface area contributed by atoms with Crippen LogP contribution in [0.15, 0.2) is 42.9 Å². The number of carbonyl (C=O) groups excluding carboxylic acids is 2. The minimum absolute atomic E-state index is 0.0485. The maximum absolute atomic E-state index is 13.9. The first-order valence-electron chi connectivity index (χ1n) is 16.7. The number of anilines is 4. The highest BCUT2D eigenvalue weighted by Crippen LogP contribution is 2.34. The van der Waals surface area contributed by atoms with Crippen LogP contribution in [0, 0.1) is 0 Å². The maximum Gasteiger partial charge on any atom is 0.421 e. The molecular weight excluding hydrogens is 705 g/mol. The first kappa shape index (κ1) is 38.5. The van der Waals surface area contributed by atoms with E-state index in [0.717, 1.165) is 36.5 Å². The number of ether oxygens (including phenoxy) is 1. The Morgan fingerprint density at radius 3 is 2.17 bits per heavy atom. The van der Waals surface area contributed by atoms with Gasteiger partial charge in [-0.15, -0.1) is 0 Å². The third-order valence-electron chi connectivity index (χ3n) is 8.69. The fraction of sp³-hybridized carbons (Fsp3) is 0.515. The molecule has 52 heavy (non-hydrogen) atoms. The second-order valence-electron chi connectivity index (χ2n) is 13.6. The second-order valence-corrected chi connectivity index (χ2v) is 15.6. The number of rotatable bonds is 9. The van der Waals surface area contributed by atoms with Crippen molar-refractivity contribution in [3.63, 3.8) is 0 Å². The minimum Gasteiger partial charge on any atom is -0.444 e. The number of hydrogen-bond acceptors (Lipinski definition) is 12. The average molecular weight is 749 g/mol. The van der Waals surface area contributed by atoms with Gasteiger partial charge >= 0.3 is 12.3 Å². The van der Waals surface area contributed by atoms with Crippen LogP contribution in [0.25, 0.3) is 0 Å². The average Bonchev–Trinajstić information content (AvgIpc) is 3.09. The van der Waals surface area contributed by atoms with E-state index in [9.17, 15) is 31.2 Å². The monoisotopic (exact) mass is 748 g/mol. The second kappa shape index (κ2) is 15.4. The van der Waals surface area contributed by atoms with Gasteiger partial charge in [0.05, 0.1) is 12.8 Å². The van der Waals surface area contributed by atoms with Crippen LogP contribution < -0.4 is 14.9 Å². The summed E-state index contributed by atoms with van der Waals surface area (Å²) >= 11 is 0. The molecule has 0 unspecified atom stereocenters. The molecule has 0 aliphatic carbocycles. The number of carbonyl (C=O) groups is 2. The van der Waals surface area contributed by atoms with E-state index in [1.807, 2.05) is 25.7 Å². The van der Waals surface area contributed by atoms with Crippen LogP contribution in [0.1, 0.15) is 55.2 Å². The van der Waals surface area contributed by atoms with E-state index in [1.165, 1.54) is 19.4 Å². The van der Waals surface area contributed by atoms with Crippen molar-refractivity contribution in [2.24, 2.45) is 0 Å². The molecule has 282 valence electrons. The van der Waals surface area contributed by atoms with E-state index in [4.69, 9.17) is 4.74 Å². The highest BCUT2D eigenvalue weighted by Gasteiger charge is 2.36. The summed E-state index contributed by atoms with van der Waals surface area (Å²) in [6.45, 7) is 9.09. The molecule has 5 rings (SSSR count). The molecule has 2 aliphatic rings. The third kappa shape index (κ3) is 9.75. The standard InChI is InChI=1S/C33H43F3N10O5S/c1-32(2,3)51-31(48)46-18-16-44(17-19-46)24-10-14-45(15-11-24)29(47)22-6-8-23(9-7-22)41-30-40-20-25(33(34,35)36)27(42-30)39-21-26-28(38-13-12-37-26)43(4)52(5,49)50/h6-9,12-13,20,24H,10-11,14-19,21H2,1-5H3,(H2,39,40,41,42). The van der Waals surface area contributed by atoms with Gasteiger partial charge < -0.3 is 25.2 Å². The van der Waals surface area contributed by atoms with E-state index >= 15 is 0 Å². The highest BCUT2D eigenvalue weighted by molar-refractivity contribution is 7.92. The quantitative estimate of drug-likeness (QED) is 0.321. The lowest BCUT2D eigenvalue weighted by Crippen LogP contribution is -2.55. The van der Waals surface area contributed by atoms with Crippen molar-refractivity contribution in [1.82, 2.24) is 34.6 Å². The predicted octanol–water partition coefficient (Wildman–Crippen LogP) is 4.19. The van der Waals surface area contributed by atoms with Crippen molar-refractivity contribution in [1.29, 1.82) is 0 Å². The number of amides is 2. The Kier molecular flexibility index (Phi) is 11.4. The van der Waals surface area contributed by atoms with Crippen molar-refractivity contribution >= 4 is 45.3 Å². The molecule has 15 nitrogen and oxygen atoms in total. The lowest BCUT2D eigenvalue weighted by Gasteiger charge is -2.42. The topological polar surface area (TPSA) is 166 Å². The lowest BCUT2D eigenvalue weighted by atomic mass is 10.0. The highest BCUT2D eigenvalue weighted by atomic mass is 32.2. The lowest BCUT2D eigenvalue weighted by molar-refractivity contribution is -0.137. The third-order valence-corrected chi connectivity index (χ3v) is 9.86. The number of piperidine rings is 1. The van der Waals surface area contributed by atoms with Crippen molar-refractivity contribution in [3.05, 3.63) is 59.7 Å². The first-order chi connectivity index (χ1) is 24.4. The molecule has 0 radical (unpaired) electrons. The Hall–Kier alpha value is -4.78. The largest absolute Gasteiger partial charge is 0.444 e. The number of nitrogens with zero attached hydrogens (tertiary/aromatic N) is 8. The summed E-state index contributed by atoms with van der Waals surface area (Å²) in [7, 11) is -2.45. The van der Waals surface area contributed by atoms with Crippen molar-refractivity contribution in [2.45, 2.75) is 58.0 Å².